The SMILES string of the molecule is CCNCC(C)C(C)N1CCC(CC)CC1. The van der Waals surface area contributed by atoms with E-state index >= 15 is 0 Å². The second-order valence-electron chi connectivity index (χ2n) is 5.41. The molecule has 2 atom stereocenters. The zero-order chi connectivity index (χ0) is 12.0. The highest BCUT2D eigenvalue weighted by molar-refractivity contribution is 4.79. The van der Waals surface area contributed by atoms with Gasteiger partial charge in [0.2, 0.25) is 0 Å². The number of nitrogens with zero attached hydrogens (tertiary/aromatic N) is 1. The van der Waals surface area contributed by atoms with Gasteiger partial charge in [0.15, 0.2) is 0 Å². The van der Waals surface area contributed by atoms with Gasteiger partial charge in [-0.2, -0.15) is 0 Å². The van der Waals surface area contributed by atoms with Crippen LogP contribution in [0.4, 0.5) is 0 Å². The molecule has 1 N–H and O–H groups in total. The lowest BCUT2D eigenvalue weighted by Crippen LogP contribution is -2.45. The minimum atomic E-state index is 0.733. The molecule has 0 amide bonds. The van der Waals surface area contributed by atoms with Crippen molar-refractivity contribution in [2.24, 2.45) is 11.8 Å². The van der Waals surface area contributed by atoms with Crippen molar-refractivity contribution in [3.63, 3.8) is 0 Å². The second-order valence-corrected chi connectivity index (χ2v) is 5.41. The third-order valence-electron chi connectivity index (χ3n) is 4.34. The van der Waals surface area contributed by atoms with E-state index in [4.69, 9.17) is 0 Å². The number of piperidine rings is 1. The van der Waals surface area contributed by atoms with Gasteiger partial charge in [0, 0.05) is 6.04 Å². The van der Waals surface area contributed by atoms with Crippen LogP contribution in [0, 0.1) is 11.8 Å². The molecule has 1 fully saturated rings. The van der Waals surface area contributed by atoms with Gasteiger partial charge in [-0.15, -0.1) is 0 Å². The van der Waals surface area contributed by atoms with Crippen LogP contribution in [-0.2, 0) is 0 Å². The van der Waals surface area contributed by atoms with Crippen molar-refractivity contribution in [3.8, 4) is 0 Å². The van der Waals surface area contributed by atoms with E-state index in [1.807, 2.05) is 0 Å². The van der Waals surface area contributed by atoms with Crippen molar-refractivity contribution >= 4 is 0 Å². The molecule has 0 spiro atoms. The first-order chi connectivity index (χ1) is 7.69. The van der Waals surface area contributed by atoms with Crippen LogP contribution < -0.4 is 5.32 Å². The Morgan fingerprint density at radius 1 is 1.19 bits per heavy atom. The van der Waals surface area contributed by atoms with Gasteiger partial charge in [0.25, 0.3) is 0 Å². The maximum atomic E-state index is 3.46. The summed E-state index contributed by atoms with van der Waals surface area (Å²) >= 11 is 0. The van der Waals surface area contributed by atoms with Crippen molar-refractivity contribution < 1.29 is 0 Å². The first-order valence-electron chi connectivity index (χ1n) is 7.13. The standard InChI is InChI=1S/C14H30N2/c1-5-14-7-9-16(10-8-14)13(4)12(3)11-15-6-2/h12-15H,5-11H2,1-4H3. The molecule has 1 rings (SSSR count). The van der Waals surface area contributed by atoms with Crippen LogP contribution >= 0.6 is 0 Å². The van der Waals surface area contributed by atoms with Crippen LogP contribution in [0.15, 0.2) is 0 Å². The van der Waals surface area contributed by atoms with Gasteiger partial charge >= 0.3 is 0 Å². The van der Waals surface area contributed by atoms with Crippen molar-refractivity contribution in [2.45, 2.75) is 53.0 Å². The number of hydrogen-bond donors (Lipinski definition) is 1. The van der Waals surface area contributed by atoms with Crippen LogP contribution in [0.1, 0.15) is 47.0 Å². The van der Waals surface area contributed by atoms with Crippen molar-refractivity contribution in [3.05, 3.63) is 0 Å². The topological polar surface area (TPSA) is 15.3 Å². The average Bonchev–Trinajstić information content (AvgIpc) is 2.35. The minimum Gasteiger partial charge on any atom is -0.317 e. The number of hydrogen-bond acceptors (Lipinski definition) is 2. The summed E-state index contributed by atoms with van der Waals surface area (Å²) in [7, 11) is 0. The van der Waals surface area contributed by atoms with E-state index in [-0.39, 0.29) is 0 Å². The lowest BCUT2D eigenvalue weighted by atomic mass is 9.91. The van der Waals surface area contributed by atoms with Gasteiger partial charge in [-0.25, -0.2) is 0 Å². The van der Waals surface area contributed by atoms with E-state index < -0.39 is 0 Å². The molecule has 2 nitrogen and oxygen atoms in total. The van der Waals surface area contributed by atoms with Crippen LogP contribution in [0.2, 0.25) is 0 Å². The van der Waals surface area contributed by atoms with Crippen molar-refractivity contribution in [1.29, 1.82) is 0 Å². The fourth-order valence-electron chi connectivity index (χ4n) is 2.67. The van der Waals surface area contributed by atoms with Gasteiger partial charge in [0.1, 0.15) is 0 Å². The maximum Gasteiger partial charge on any atom is 0.0105 e. The Morgan fingerprint density at radius 3 is 2.31 bits per heavy atom. The monoisotopic (exact) mass is 226 g/mol. The summed E-state index contributed by atoms with van der Waals surface area (Å²) in [5.41, 5.74) is 0. The predicted molar refractivity (Wildman–Crippen MR) is 71.8 cm³/mol. The molecule has 96 valence electrons. The molecule has 2 heteroatoms. The summed E-state index contributed by atoms with van der Waals surface area (Å²) in [5, 5.41) is 3.46. The summed E-state index contributed by atoms with van der Waals surface area (Å²) < 4.78 is 0. The largest absolute Gasteiger partial charge is 0.317 e. The van der Waals surface area contributed by atoms with E-state index in [1.54, 1.807) is 0 Å². The Labute approximate surface area is 102 Å². The molecule has 1 saturated heterocycles. The molecule has 2 unspecified atom stereocenters. The number of rotatable bonds is 6. The average molecular weight is 226 g/mol. The third-order valence-corrected chi connectivity index (χ3v) is 4.34. The highest BCUT2D eigenvalue weighted by Gasteiger charge is 2.24. The summed E-state index contributed by atoms with van der Waals surface area (Å²) in [6.45, 7) is 14.2. The molecule has 0 radical (unpaired) electrons. The van der Waals surface area contributed by atoms with E-state index in [0.29, 0.717) is 0 Å². The minimum absolute atomic E-state index is 0.733. The number of nitrogens with one attached hydrogen (secondary N) is 1. The Bertz CT molecular complexity index is 174. The Hall–Kier alpha value is -0.0800. The molecular weight excluding hydrogens is 196 g/mol. The van der Waals surface area contributed by atoms with E-state index in [0.717, 1.165) is 31.0 Å². The molecule has 0 aliphatic carbocycles. The van der Waals surface area contributed by atoms with Crippen LogP contribution in [0.5, 0.6) is 0 Å². The second kappa shape index (κ2) is 7.29. The molecule has 0 bridgehead atoms. The third kappa shape index (κ3) is 4.06. The van der Waals surface area contributed by atoms with Crippen molar-refractivity contribution in [2.75, 3.05) is 26.2 Å². The van der Waals surface area contributed by atoms with Gasteiger partial charge in [-0.3, -0.25) is 0 Å². The fraction of sp³-hybridized carbons (Fsp3) is 1.00. The van der Waals surface area contributed by atoms with Crippen LogP contribution in [0.25, 0.3) is 0 Å². The van der Waals surface area contributed by atoms with Crippen LogP contribution in [0.3, 0.4) is 0 Å². The first-order valence-corrected chi connectivity index (χ1v) is 7.13. The zero-order valence-corrected chi connectivity index (χ0v) is 11.6. The van der Waals surface area contributed by atoms with Gasteiger partial charge < -0.3 is 10.2 Å². The lowest BCUT2D eigenvalue weighted by molar-refractivity contribution is 0.108. The quantitative estimate of drug-likeness (QED) is 0.749. The Balaban J connectivity index is 2.29. The molecule has 1 aliphatic heterocycles. The molecule has 16 heavy (non-hydrogen) atoms. The van der Waals surface area contributed by atoms with Gasteiger partial charge in [0.05, 0.1) is 0 Å². The van der Waals surface area contributed by atoms with Crippen LogP contribution in [-0.4, -0.2) is 37.1 Å². The fourth-order valence-corrected chi connectivity index (χ4v) is 2.67. The summed E-state index contributed by atoms with van der Waals surface area (Å²) in [5.74, 6) is 1.76. The Kier molecular flexibility index (Phi) is 6.37. The molecular formula is C14H30N2. The summed E-state index contributed by atoms with van der Waals surface area (Å²) in [6.07, 6.45) is 4.19. The normalized spacial score (nSPS) is 23.2. The predicted octanol–water partition coefficient (Wildman–Crippen LogP) is 2.74. The lowest BCUT2D eigenvalue weighted by Gasteiger charge is -2.38. The maximum absolute atomic E-state index is 3.46. The highest BCUT2D eigenvalue weighted by Crippen LogP contribution is 2.23. The van der Waals surface area contributed by atoms with Crippen molar-refractivity contribution in [1.82, 2.24) is 10.2 Å². The number of likely N-dealkylation sites (tertiary alicyclic amines) is 1. The molecule has 1 heterocycles. The molecule has 0 saturated carbocycles. The first kappa shape index (κ1) is 14.0. The van der Waals surface area contributed by atoms with Gasteiger partial charge in [-0.05, 0) is 57.8 Å². The Morgan fingerprint density at radius 2 is 1.81 bits per heavy atom. The van der Waals surface area contributed by atoms with E-state index in [2.05, 4.69) is 37.9 Å². The smallest absolute Gasteiger partial charge is 0.0105 e. The van der Waals surface area contributed by atoms with E-state index in [9.17, 15) is 0 Å². The van der Waals surface area contributed by atoms with E-state index in [1.165, 1.54) is 32.4 Å². The summed E-state index contributed by atoms with van der Waals surface area (Å²) in [4.78, 5) is 2.69. The molecule has 1 aliphatic rings. The molecule has 0 aromatic rings. The zero-order valence-electron chi connectivity index (χ0n) is 11.6. The summed E-state index contributed by atoms with van der Waals surface area (Å²) in [6, 6.07) is 0.733. The van der Waals surface area contributed by atoms with Gasteiger partial charge in [-0.1, -0.05) is 27.2 Å². The molecule has 0 aromatic heterocycles. The molecule has 0 aromatic carbocycles. The highest BCUT2D eigenvalue weighted by atomic mass is 15.2.